The molecular formula is C29H51F2N7O2. The van der Waals surface area contributed by atoms with Crippen LogP contribution in [0, 0.1) is 11.3 Å². The van der Waals surface area contributed by atoms with Crippen molar-refractivity contribution in [3.05, 3.63) is 11.9 Å². The lowest BCUT2D eigenvalue weighted by Gasteiger charge is -2.41. The van der Waals surface area contributed by atoms with Crippen LogP contribution in [0.4, 0.5) is 8.78 Å². The van der Waals surface area contributed by atoms with E-state index in [1.165, 1.54) is 25.3 Å². The molecule has 6 N–H and O–H groups in total. The Bertz CT molecular complexity index is 876. The second-order valence-corrected chi connectivity index (χ2v) is 12.5. The summed E-state index contributed by atoms with van der Waals surface area (Å²) in [6, 6.07) is -1.05. The molecule has 4 aliphatic rings. The number of halogens is 2. The average Bonchev–Trinajstić information content (AvgIpc) is 3.44. The topological polar surface area (TPSA) is 121 Å². The third-order valence-corrected chi connectivity index (χ3v) is 9.54. The van der Waals surface area contributed by atoms with E-state index in [0.717, 1.165) is 51.9 Å². The third kappa shape index (κ3) is 8.29. The van der Waals surface area contributed by atoms with E-state index in [1.54, 1.807) is 0 Å². The SMILES string of the molecule is CCC1(C)CCC(F)CNC(C(C(=O)NC2=CN=CC(F)C2N2CCC(OCCN3CCCC3)CC2)C(N)N)C1. The van der Waals surface area contributed by atoms with Crippen LogP contribution in [0.25, 0.3) is 0 Å². The first-order valence-corrected chi connectivity index (χ1v) is 15.3. The molecule has 6 unspecified atom stereocenters. The Morgan fingerprint density at radius 1 is 1.23 bits per heavy atom. The van der Waals surface area contributed by atoms with Crippen LogP contribution in [0.1, 0.15) is 65.2 Å². The molecule has 4 rings (SSSR count). The summed E-state index contributed by atoms with van der Waals surface area (Å²) in [7, 11) is 0. The quantitative estimate of drug-likeness (QED) is 0.298. The Kier molecular flexibility index (Phi) is 11.5. The lowest BCUT2D eigenvalue weighted by atomic mass is 9.73. The predicted octanol–water partition coefficient (Wildman–Crippen LogP) is 2.07. The first kappa shape index (κ1) is 31.4. The zero-order valence-electron chi connectivity index (χ0n) is 24.4. The molecule has 9 nitrogen and oxygen atoms in total. The Hall–Kier alpha value is -1.50. The number of nitrogens with two attached hydrogens (primary N) is 2. The Labute approximate surface area is 238 Å². The van der Waals surface area contributed by atoms with Crippen LogP contribution in [-0.2, 0) is 9.53 Å². The molecule has 3 fully saturated rings. The number of piperidine rings is 1. The van der Waals surface area contributed by atoms with Gasteiger partial charge in [-0.05, 0) is 63.5 Å². The summed E-state index contributed by atoms with van der Waals surface area (Å²) in [5.74, 6) is -1.20. The molecule has 0 aromatic carbocycles. The van der Waals surface area contributed by atoms with Gasteiger partial charge in [0.15, 0.2) is 6.17 Å². The van der Waals surface area contributed by atoms with Crippen LogP contribution >= 0.6 is 0 Å². The molecule has 0 aromatic rings. The van der Waals surface area contributed by atoms with Crippen molar-refractivity contribution in [3.8, 4) is 0 Å². The summed E-state index contributed by atoms with van der Waals surface area (Å²) in [6.45, 7) is 9.70. The zero-order valence-corrected chi connectivity index (χ0v) is 24.4. The lowest BCUT2D eigenvalue weighted by Crippen LogP contribution is -2.59. The van der Waals surface area contributed by atoms with Crippen LogP contribution in [0.2, 0.25) is 0 Å². The molecule has 11 heteroatoms. The Morgan fingerprint density at radius 2 is 1.95 bits per heavy atom. The summed E-state index contributed by atoms with van der Waals surface area (Å²) < 4.78 is 35.9. The van der Waals surface area contributed by atoms with E-state index in [-0.39, 0.29) is 24.0 Å². The zero-order chi connectivity index (χ0) is 28.7. The molecule has 4 heterocycles. The van der Waals surface area contributed by atoms with Gasteiger partial charge in [0.2, 0.25) is 5.91 Å². The number of ether oxygens (including phenoxy) is 1. The highest BCUT2D eigenvalue weighted by Gasteiger charge is 2.41. The van der Waals surface area contributed by atoms with E-state index in [9.17, 15) is 9.18 Å². The van der Waals surface area contributed by atoms with Crippen LogP contribution < -0.4 is 22.1 Å². The van der Waals surface area contributed by atoms with Crippen molar-refractivity contribution in [2.24, 2.45) is 27.8 Å². The van der Waals surface area contributed by atoms with Gasteiger partial charge in [0.25, 0.3) is 0 Å². The van der Waals surface area contributed by atoms with E-state index in [0.29, 0.717) is 31.6 Å². The Balaban J connectivity index is 1.37. The fourth-order valence-corrected chi connectivity index (χ4v) is 6.73. The number of aliphatic imine (C=N–C) groups is 1. The van der Waals surface area contributed by atoms with E-state index in [2.05, 4.69) is 39.3 Å². The molecule has 40 heavy (non-hydrogen) atoms. The third-order valence-electron chi connectivity index (χ3n) is 9.54. The number of carbonyl (C=O) groups is 1. The standard InChI is InChI=1S/C29H51F2N7O2/c1-3-29(2)9-6-20(30)17-35-23(16-29)25(27(32)33)28(39)36-24-19-34-18-22(31)26(24)38-12-7-21(8-13-38)40-15-14-37-10-4-5-11-37/h18-23,25-27,35H,3-17,32-33H2,1-2H3,(H,36,39). The highest BCUT2D eigenvalue weighted by molar-refractivity contribution is 5.82. The van der Waals surface area contributed by atoms with Gasteiger partial charge in [-0.2, -0.15) is 0 Å². The van der Waals surface area contributed by atoms with Crippen LogP contribution in [0.5, 0.6) is 0 Å². The molecule has 1 amide bonds. The van der Waals surface area contributed by atoms with Gasteiger partial charge in [-0.25, -0.2) is 8.78 Å². The number of rotatable bonds is 10. The van der Waals surface area contributed by atoms with Crippen molar-refractivity contribution in [2.45, 2.75) is 102 Å². The number of nitrogens with one attached hydrogen (secondary N) is 2. The van der Waals surface area contributed by atoms with Gasteiger partial charge in [-0.15, -0.1) is 0 Å². The first-order chi connectivity index (χ1) is 19.2. The molecule has 4 aliphatic heterocycles. The number of hydrogen-bond acceptors (Lipinski definition) is 8. The van der Waals surface area contributed by atoms with Gasteiger partial charge in [-0.1, -0.05) is 20.3 Å². The van der Waals surface area contributed by atoms with Gasteiger partial charge < -0.3 is 31.7 Å². The summed E-state index contributed by atoms with van der Waals surface area (Å²) in [5.41, 5.74) is 12.6. The number of likely N-dealkylation sites (tertiary alicyclic amines) is 2. The van der Waals surface area contributed by atoms with E-state index < -0.39 is 36.5 Å². The summed E-state index contributed by atoms with van der Waals surface area (Å²) in [4.78, 5) is 22.2. The van der Waals surface area contributed by atoms with E-state index in [1.807, 2.05) is 0 Å². The second-order valence-electron chi connectivity index (χ2n) is 12.5. The molecule has 6 atom stereocenters. The normalized spacial score (nSPS) is 33.9. The minimum absolute atomic E-state index is 0.141. The molecular weight excluding hydrogens is 516 g/mol. The fourth-order valence-electron chi connectivity index (χ4n) is 6.73. The highest BCUT2D eigenvalue weighted by atomic mass is 19.1. The van der Waals surface area contributed by atoms with Gasteiger partial charge in [-0.3, -0.25) is 14.7 Å². The van der Waals surface area contributed by atoms with Crippen molar-refractivity contribution >= 4 is 12.1 Å². The lowest BCUT2D eigenvalue weighted by molar-refractivity contribution is -0.126. The molecule has 0 aliphatic carbocycles. The van der Waals surface area contributed by atoms with Crippen molar-refractivity contribution in [2.75, 3.05) is 45.9 Å². The van der Waals surface area contributed by atoms with Crippen LogP contribution in [0.15, 0.2) is 16.9 Å². The smallest absolute Gasteiger partial charge is 0.231 e. The fraction of sp³-hybridized carbons (Fsp3) is 0.862. The monoisotopic (exact) mass is 567 g/mol. The number of amides is 1. The molecule has 0 aromatic heterocycles. The summed E-state index contributed by atoms with van der Waals surface area (Å²) in [5, 5.41) is 6.18. The van der Waals surface area contributed by atoms with Crippen molar-refractivity contribution in [3.63, 3.8) is 0 Å². The first-order valence-electron chi connectivity index (χ1n) is 15.3. The van der Waals surface area contributed by atoms with Gasteiger partial charge in [0.1, 0.15) is 6.17 Å². The highest BCUT2D eigenvalue weighted by Crippen LogP contribution is 2.37. The maximum atomic E-state index is 15.3. The van der Waals surface area contributed by atoms with E-state index in [4.69, 9.17) is 16.2 Å². The van der Waals surface area contributed by atoms with Crippen molar-refractivity contribution < 1.29 is 18.3 Å². The largest absolute Gasteiger partial charge is 0.377 e. The van der Waals surface area contributed by atoms with Crippen LogP contribution in [0.3, 0.4) is 0 Å². The molecule has 0 radical (unpaired) electrons. The van der Waals surface area contributed by atoms with Gasteiger partial charge >= 0.3 is 0 Å². The molecule has 3 saturated heterocycles. The number of nitrogens with zero attached hydrogens (tertiary/aromatic N) is 3. The second kappa shape index (κ2) is 14.6. The maximum Gasteiger partial charge on any atom is 0.231 e. The minimum atomic E-state index is -1.35. The minimum Gasteiger partial charge on any atom is -0.377 e. The molecule has 0 saturated carbocycles. The van der Waals surface area contributed by atoms with Crippen LogP contribution in [-0.4, -0.2) is 104 Å². The van der Waals surface area contributed by atoms with Crippen molar-refractivity contribution in [1.82, 2.24) is 20.4 Å². The number of alkyl halides is 2. The van der Waals surface area contributed by atoms with Crippen molar-refractivity contribution in [1.29, 1.82) is 0 Å². The number of carbonyl (C=O) groups excluding carboxylic acids is 1. The summed E-state index contributed by atoms with van der Waals surface area (Å²) >= 11 is 0. The summed E-state index contributed by atoms with van der Waals surface area (Å²) in [6.07, 6.45) is 6.55. The van der Waals surface area contributed by atoms with E-state index >= 15 is 4.39 Å². The van der Waals surface area contributed by atoms with Gasteiger partial charge in [0.05, 0.1) is 36.5 Å². The van der Waals surface area contributed by atoms with Gasteiger partial charge in [0, 0.05) is 44.6 Å². The Morgan fingerprint density at radius 3 is 2.62 bits per heavy atom. The number of hydrogen-bond donors (Lipinski definition) is 4. The molecule has 0 spiro atoms. The molecule has 0 bridgehead atoms. The maximum absolute atomic E-state index is 15.3. The molecule has 228 valence electrons. The predicted molar refractivity (Wildman–Crippen MR) is 154 cm³/mol. The average molecular weight is 568 g/mol.